The zero-order valence-electron chi connectivity index (χ0n) is 14.6. The summed E-state index contributed by atoms with van der Waals surface area (Å²) >= 11 is 23.1. The molecular formula is C20H16Cl4N2O2. The van der Waals surface area contributed by atoms with Crippen LogP contribution >= 0.6 is 46.4 Å². The molecule has 0 aromatic heterocycles. The molecule has 3 aromatic rings. The highest BCUT2D eigenvalue weighted by molar-refractivity contribution is 6.42. The molecule has 0 radical (unpaired) electrons. The van der Waals surface area contributed by atoms with Gasteiger partial charge in [0.05, 0.1) is 10.0 Å². The van der Waals surface area contributed by atoms with Crippen LogP contribution in [0.1, 0.15) is 5.56 Å². The van der Waals surface area contributed by atoms with Gasteiger partial charge in [0.25, 0.3) is 0 Å². The van der Waals surface area contributed by atoms with Crippen molar-refractivity contribution >= 4 is 63.8 Å². The minimum atomic E-state index is -0.374. The van der Waals surface area contributed by atoms with Gasteiger partial charge in [-0.3, -0.25) is 0 Å². The average Bonchev–Trinajstić information content (AvgIpc) is 2.64. The standard InChI is InChI=1S/C13H9Cl3N2O.C7H7ClO/c14-8-1-3-9(4-2-8)17-13(19)18-10-5-6-11(15)12(16)7-10;1-5-4-6(9)2-3-7(5)8/h1-7H,(H2,17,18,19);2-4,9H,1H3. The van der Waals surface area contributed by atoms with Crippen LogP contribution in [0.3, 0.4) is 0 Å². The fourth-order valence-electron chi connectivity index (χ4n) is 2.03. The van der Waals surface area contributed by atoms with Gasteiger partial charge in [-0.05, 0) is 73.2 Å². The molecule has 0 fully saturated rings. The molecule has 0 aliphatic rings. The topological polar surface area (TPSA) is 61.4 Å². The first kappa shape index (κ1) is 22.2. The van der Waals surface area contributed by atoms with Crippen LogP contribution in [0.4, 0.5) is 16.2 Å². The summed E-state index contributed by atoms with van der Waals surface area (Å²) in [4.78, 5) is 11.7. The van der Waals surface area contributed by atoms with Crippen LogP contribution in [-0.4, -0.2) is 11.1 Å². The summed E-state index contributed by atoms with van der Waals surface area (Å²) in [5.41, 5.74) is 2.10. The van der Waals surface area contributed by atoms with Crippen molar-refractivity contribution in [2.75, 3.05) is 10.6 Å². The van der Waals surface area contributed by atoms with Crippen molar-refractivity contribution in [1.29, 1.82) is 0 Å². The van der Waals surface area contributed by atoms with E-state index in [-0.39, 0.29) is 11.8 Å². The number of phenols is 1. The van der Waals surface area contributed by atoms with Crippen LogP contribution in [0, 0.1) is 6.92 Å². The van der Waals surface area contributed by atoms with Crippen molar-refractivity contribution in [3.8, 4) is 5.75 Å². The lowest BCUT2D eigenvalue weighted by Gasteiger charge is -2.08. The molecule has 146 valence electrons. The van der Waals surface area contributed by atoms with Crippen LogP contribution in [0.5, 0.6) is 5.75 Å². The van der Waals surface area contributed by atoms with E-state index in [9.17, 15) is 4.79 Å². The summed E-state index contributed by atoms with van der Waals surface area (Å²) < 4.78 is 0. The molecule has 0 heterocycles. The molecule has 0 aliphatic carbocycles. The van der Waals surface area contributed by atoms with Gasteiger partial charge in [-0.25, -0.2) is 4.79 Å². The summed E-state index contributed by atoms with van der Waals surface area (Å²) in [6.07, 6.45) is 0. The number of carbonyl (C=O) groups is 1. The third-order valence-corrected chi connectivity index (χ3v) is 4.84. The van der Waals surface area contributed by atoms with E-state index >= 15 is 0 Å². The van der Waals surface area contributed by atoms with Crippen LogP contribution in [0.15, 0.2) is 60.7 Å². The van der Waals surface area contributed by atoms with E-state index < -0.39 is 0 Å². The second kappa shape index (κ2) is 10.4. The quantitative estimate of drug-likeness (QED) is 0.370. The van der Waals surface area contributed by atoms with Gasteiger partial charge >= 0.3 is 6.03 Å². The van der Waals surface area contributed by atoms with Crippen molar-refractivity contribution in [3.05, 3.63) is 86.3 Å². The average molecular weight is 458 g/mol. The Morgan fingerprint density at radius 3 is 1.89 bits per heavy atom. The first-order valence-corrected chi connectivity index (χ1v) is 9.49. The lowest BCUT2D eigenvalue weighted by atomic mass is 10.2. The molecule has 0 saturated carbocycles. The highest BCUT2D eigenvalue weighted by Gasteiger charge is 2.04. The maximum absolute atomic E-state index is 11.7. The summed E-state index contributed by atoms with van der Waals surface area (Å²) in [6, 6.07) is 16.1. The second-order valence-electron chi connectivity index (χ2n) is 5.65. The molecule has 28 heavy (non-hydrogen) atoms. The van der Waals surface area contributed by atoms with Crippen LogP contribution in [0.25, 0.3) is 0 Å². The van der Waals surface area contributed by atoms with Gasteiger partial charge < -0.3 is 15.7 Å². The SMILES string of the molecule is Cc1cc(O)ccc1Cl.O=C(Nc1ccc(Cl)cc1)Nc1ccc(Cl)c(Cl)c1. The number of hydrogen-bond acceptors (Lipinski definition) is 2. The molecule has 0 aliphatic heterocycles. The van der Waals surface area contributed by atoms with E-state index in [1.54, 1.807) is 60.7 Å². The van der Waals surface area contributed by atoms with Crippen LogP contribution in [-0.2, 0) is 0 Å². The zero-order valence-corrected chi connectivity index (χ0v) is 17.7. The predicted octanol–water partition coefficient (Wildman–Crippen LogP) is 7.64. The van der Waals surface area contributed by atoms with Gasteiger partial charge in [0, 0.05) is 21.4 Å². The Kier molecular flexibility index (Phi) is 8.27. The molecule has 4 nitrogen and oxygen atoms in total. The van der Waals surface area contributed by atoms with Crippen molar-refractivity contribution < 1.29 is 9.90 Å². The smallest absolute Gasteiger partial charge is 0.323 e. The van der Waals surface area contributed by atoms with Gasteiger partial charge in [0.15, 0.2) is 0 Å². The number of phenolic OH excluding ortho intramolecular Hbond substituents is 1. The van der Waals surface area contributed by atoms with E-state index in [4.69, 9.17) is 51.5 Å². The molecule has 3 rings (SSSR count). The molecule has 3 N–H and O–H groups in total. The number of aryl methyl sites for hydroxylation is 1. The molecule has 2 amide bonds. The highest BCUT2D eigenvalue weighted by atomic mass is 35.5. The second-order valence-corrected chi connectivity index (χ2v) is 7.31. The Balaban J connectivity index is 0.000000261. The first-order chi connectivity index (χ1) is 13.2. The first-order valence-electron chi connectivity index (χ1n) is 7.98. The van der Waals surface area contributed by atoms with E-state index in [1.165, 1.54) is 0 Å². The molecule has 0 atom stereocenters. The fraction of sp³-hybridized carbons (Fsp3) is 0.0500. The number of halogens is 4. The van der Waals surface area contributed by atoms with Crippen molar-refractivity contribution in [2.45, 2.75) is 6.92 Å². The Hall–Kier alpha value is -2.11. The molecular weight excluding hydrogens is 442 g/mol. The molecule has 0 spiro atoms. The number of nitrogens with one attached hydrogen (secondary N) is 2. The summed E-state index contributed by atoms with van der Waals surface area (Å²) in [5.74, 6) is 0.261. The summed E-state index contributed by atoms with van der Waals surface area (Å²) in [6.45, 7) is 1.85. The van der Waals surface area contributed by atoms with E-state index in [2.05, 4.69) is 10.6 Å². The number of rotatable bonds is 2. The molecule has 8 heteroatoms. The summed E-state index contributed by atoms with van der Waals surface area (Å²) in [7, 11) is 0. The van der Waals surface area contributed by atoms with E-state index in [0.29, 0.717) is 31.5 Å². The van der Waals surface area contributed by atoms with Gasteiger partial charge in [-0.2, -0.15) is 0 Å². The van der Waals surface area contributed by atoms with Crippen molar-refractivity contribution in [1.82, 2.24) is 0 Å². The number of anilines is 2. The number of urea groups is 1. The van der Waals surface area contributed by atoms with Gasteiger partial charge in [-0.1, -0.05) is 46.4 Å². The Labute approximate surface area is 183 Å². The number of benzene rings is 3. The van der Waals surface area contributed by atoms with Crippen LogP contribution in [0.2, 0.25) is 20.1 Å². The molecule has 0 saturated heterocycles. The lowest BCUT2D eigenvalue weighted by molar-refractivity contribution is 0.262. The molecule has 0 bridgehead atoms. The van der Waals surface area contributed by atoms with Gasteiger partial charge in [0.2, 0.25) is 0 Å². The normalized spacial score (nSPS) is 9.89. The Bertz CT molecular complexity index is 963. The van der Waals surface area contributed by atoms with Gasteiger partial charge in [0.1, 0.15) is 5.75 Å². The number of amides is 2. The van der Waals surface area contributed by atoms with Crippen molar-refractivity contribution in [3.63, 3.8) is 0 Å². The number of carbonyl (C=O) groups excluding carboxylic acids is 1. The Morgan fingerprint density at radius 1 is 0.750 bits per heavy atom. The van der Waals surface area contributed by atoms with E-state index in [1.807, 2.05) is 6.92 Å². The third-order valence-electron chi connectivity index (χ3n) is 3.42. The zero-order chi connectivity index (χ0) is 20.7. The Morgan fingerprint density at radius 2 is 1.32 bits per heavy atom. The van der Waals surface area contributed by atoms with Gasteiger partial charge in [-0.15, -0.1) is 0 Å². The minimum absolute atomic E-state index is 0.261. The largest absolute Gasteiger partial charge is 0.508 e. The predicted molar refractivity (Wildman–Crippen MR) is 118 cm³/mol. The van der Waals surface area contributed by atoms with Crippen molar-refractivity contribution in [2.24, 2.45) is 0 Å². The molecule has 3 aromatic carbocycles. The van der Waals surface area contributed by atoms with E-state index in [0.717, 1.165) is 5.56 Å². The summed E-state index contributed by atoms with van der Waals surface area (Å²) in [5, 5.41) is 16.3. The number of hydrogen-bond donors (Lipinski definition) is 3. The third kappa shape index (κ3) is 7.13. The fourth-order valence-corrected chi connectivity index (χ4v) is 2.57. The lowest BCUT2D eigenvalue weighted by Crippen LogP contribution is -2.19. The minimum Gasteiger partial charge on any atom is -0.508 e. The number of aromatic hydroxyl groups is 1. The molecule has 0 unspecified atom stereocenters. The van der Waals surface area contributed by atoms with Crippen LogP contribution < -0.4 is 10.6 Å². The maximum Gasteiger partial charge on any atom is 0.323 e. The monoisotopic (exact) mass is 456 g/mol. The maximum atomic E-state index is 11.7. The highest BCUT2D eigenvalue weighted by Crippen LogP contribution is 2.25.